The minimum atomic E-state index is -0.335. The predicted molar refractivity (Wildman–Crippen MR) is 130 cm³/mol. The number of ether oxygens (including phenoxy) is 3. The zero-order chi connectivity index (χ0) is 25.0. The molecule has 2 N–H and O–H groups in total. The molecule has 0 radical (unpaired) electrons. The van der Waals surface area contributed by atoms with Crippen molar-refractivity contribution in [3.05, 3.63) is 41.7 Å². The average molecular weight is 470 g/mol. The maximum atomic E-state index is 12.9. The van der Waals surface area contributed by atoms with Crippen LogP contribution in [-0.4, -0.2) is 60.8 Å². The van der Waals surface area contributed by atoms with E-state index in [1.165, 1.54) is 26.2 Å². The molecule has 1 heterocycles. The zero-order valence-electron chi connectivity index (χ0n) is 20.6. The van der Waals surface area contributed by atoms with Crippen molar-refractivity contribution in [1.82, 2.24) is 19.8 Å². The molecule has 0 aliphatic heterocycles. The topological polar surface area (TPSA) is 107 Å². The highest BCUT2D eigenvalue weighted by Gasteiger charge is 2.18. The molecule has 2 aromatic carbocycles. The van der Waals surface area contributed by atoms with Crippen LogP contribution in [0.2, 0.25) is 0 Å². The first-order valence-electron chi connectivity index (χ1n) is 10.8. The molecule has 0 atom stereocenters. The van der Waals surface area contributed by atoms with E-state index in [1.807, 2.05) is 31.5 Å². The number of carbonyl (C=O) groups is 2. The van der Waals surface area contributed by atoms with E-state index >= 15 is 0 Å². The standard InChI is InChI=1S/C24H31N5O5/c1-14(2)25-23(30)15-8-9-18-17(10-15)27-21(29(18)4)13-28(3)24(31)26-16-11-19(32-5)22(34-7)20(12-16)33-6/h8-12,14H,13H2,1-7H3,(H,25,30)(H,26,31). The summed E-state index contributed by atoms with van der Waals surface area (Å²) in [5.41, 5.74) is 2.60. The van der Waals surface area contributed by atoms with Crippen molar-refractivity contribution < 1.29 is 23.8 Å². The molecule has 0 saturated carbocycles. The van der Waals surface area contributed by atoms with E-state index in [-0.39, 0.29) is 24.5 Å². The molecule has 3 amide bonds. The summed E-state index contributed by atoms with van der Waals surface area (Å²) in [4.78, 5) is 31.3. The Balaban J connectivity index is 1.78. The number of carbonyl (C=O) groups excluding carboxylic acids is 2. The first-order chi connectivity index (χ1) is 16.2. The minimum Gasteiger partial charge on any atom is -0.493 e. The van der Waals surface area contributed by atoms with Crippen molar-refractivity contribution in [3.8, 4) is 17.2 Å². The van der Waals surface area contributed by atoms with Crippen LogP contribution in [-0.2, 0) is 13.6 Å². The summed E-state index contributed by atoms with van der Waals surface area (Å²) in [5.74, 6) is 1.85. The Morgan fingerprint density at radius 3 is 2.26 bits per heavy atom. The van der Waals surface area contributed by atoms with Crippen molar-refractivity contribution >= 4 is 28.7 Å². The molecule has 0 saturated heterocycles. The molecular formula is C24H31N5O5. The Hall–Kier alpha value is -3.95. The molecule has 3 aromatic rings. The van der Waals surface area contributed by atoms with Gasteiger partial charge in [-0.05, 0) is 32.0 Å². The van der Waals surface area contributed by atoms with Crippen LogP contribution in [0.4, 0.5) is 10.5 Å². The number of aryl methyl sites for hydroxylation is 1. The number of nitrogens with one attached hydrogen (secondary N) is 2. The molecule has 1 aromatic heterocycles. The number of fused-ring (bicyclic) bond motifs is 1. The van der Waals surface area contributed by atoms with Crippen LogP contribution in [0.5, 0.6) is 17.2 Å². The molecule has 34 heavy (non-hydrogen) atoms. The van der Waals surface area contributed by atoms with Gasteiger partial charge in [-0.3, -0.25) is 4.79 Å². The largest absolute Gasteiger partial charge is 0.493 e. The first kappa shape index (κ1) is 24.7. The summed E-state index contributed by atoms with van der Waals surface area (Å²) in [6, 6.07) is 8.41. The van der Waals surface area contributed by atoms with Gasteiger partial charge in [-0.15, -0.1) is 0 Å². The van der Waals surface area contributed by atoms with Crippen molar-refractivity contribution in [2.45, 2.75) is 26.4 Å². The SMILES string of the molecule is COc1cc(NC(=O)N(C)Cc2nc3cc(C(=O)NC(C)C)ccc3n2C)cc(OC)c1OC. The van der Waals surface area contributed by atoms with Gasteiger partial charge in [-0.1, -0.05) is 0 Å². The fourth-order valence-corrected chi connectivity index (χ4v) is 3.53. The third-order valence-corrected chi connectivity index (χ3v) is 5.30. The second kappa shape index (κ2) is 10.3. The van der Waals surface area contributed by atoms with Gasteiger partial charge in [-0.2, -0.15) is 0 Å². The van der Waals surface area contributed by atoms with Crippen molar-refractivity contribution in [2.75, 3.05) is 33.7 Å². The van der Waals surface area contributed by atoms with E-state index in [0.717, 1.165) is 5.52 Å². The molecular weight excluding hydrogens is 438 g/mol. The van der Waals surface area contributed by atoms with Crippen LogP contribution in [0.15, 0.2) is 30.3 Å². The molecule has 0 fully saturated rings. The highest BCUT2D eigenvalue weighted by atomic mass is 16.5. The lowest BCUT2D eigenvalue weighted by molar-refractivity contribution is 0.0943. The lowest BCUT2D eigenvalue weighted by Gasteiger charge is -2.19. The number of hydrogen-bond acceptors (Lipinski definition) is 6. The number of urea groups is 1. The van der Waals surface area contributed by atoms with Gasteiger partial charge in [0.2, 0.25) is 5.75 Å². The van der Waals surface area contributed by atoms with Crippen LogP contribution in [0.3, 0.4) is 0 Å². The number of nitrogens with zero attached hydrogens (tertiary/aromatic N) is 3. The quantitative estimate of drug-likeness (QED) is 0.524. The maximum Gasteiger partial charge on any atom is 0.321 e. The molecule has 182 valence electrons. The van der Waals surface area contributed by atoms with Gasteiger partial charge in [0, 0.05) is 37.8 Å². The Morgan fingerprint density at radius 1 is 1.06 bits per heavy atom. The lowest BCUT2D eigenvalue weighted by atomic mass is 10.2. The van der Waals surface area contributed by atoms with Gasteiger partial charge in [-0.25, -0.2) is 9.78 Å². The zero-order valence-corrected chi connectivity index (χ0v) is 20.6. The van der Waals surface area contributed by atoms with Crippen LogP contribution in [0.25, 0.3) is 11.0 Å². The van der Waals surface area contributed by atoms with Gasteiger partial charge in [0.1, 0.15) is 5.82 Å². The molecule has 10 heteroatoms. The van der Waals surface area contributed by atoms with E-state index < -0.39 is 0 Å². The summed E-state index contributed by atoms with van der Waals surface area (Å²) < 4.78 is 17.9. The highest BCUT2D eigenvalue weighted by Crippen LogP contribution is 2.40. The van der Waals surface area contributed by atoms with Crippen LogP contribution < -0.4 is 24.8 Å². The Morgan fingerprint density at radius 2 is 1.71 bits per heavy atom. The number of imidazole rings is 1. The van der Waals surface area contributed by atoms with Gasteiger partial charge >= 0.3 is 6.03 Å². The smallest absolute Gasteiger partial charge is 0.321 e. The first-order valence-corrected chi connectivity index (χ1v) is 10.8. The number of rotatable bonds is 8. The van der Waals surface area contributed by atoms with Crippen molar-refractivity contribution in [2.24, 2.45) is 7.05 Å². The van der Waals surface area contributed by atoms with Gasteiger partial charge < -0.3 is 34.3 Å². The number of benzene rings is 2. The Labute approximate surface area is 198 Å². The third kappa shape index (κ3) is 5.16. The maximum absolute atomic E-state index is 12.9. The van der Waals surface area contributed by atoms with E-state index in [0.29, 0.717) is 39.8 Å². The van der Waals surface area contributed by atoms with Gasteiger partial charge in [0.15, 0.2) is 11.5 Å². The van der Waals surface area contributed by atoms with Crippen LogP contribution in [0, 0.1) is 0 Å². The second-order valence-electron chi connectivity index (χ2n) is 8.12. The van der Waals surface area contributed by atoms with Crippen LogP contribution >= 0.6 is 0 Å². The van der Waals surface area contributed by atoms with E-state index in [4.69, 9.17) is 14.2 Å². The van der Waals surface area contributed by atoms with E-state index in [9.17, 15) is 9.59 Å². The number of aromatic nitrogens is 2. The summed E-state index contributed by atoms with van der Waals surface area (Å²) in [7, 11) is 8.10. The Kier molecular flexibility index (Phi) is 7.50. The number of methoxy groups -OCH3 is 3. The molecule has 0 aliphatic carbocycles. The van der Waals surface area contributed by atoms with E-state index in [1.54, 1.807) is 31.3 Å². The normalized spacial score (nSPS) is 10.8. The fourth-order valence-electron chi connectivity index (χ4n) is 3.53. The predicted octanol–water partition coefficient (Wildman–Crippen LogP) is 3.40. The molecule has 0 unspecified atom stereocenters. The average Bonchev–Trinajstić information content (AvgIpc) is 3.12. The number of amides is 3. The summed E-state index contributed by atoms with van der Waals surface area (Å²) in [5, 5.41) is 5.72. The van der Waals surface area contributed by atoms with Crippen LogP contribution in [0.1, 0.15) is 30.0 Å². The summed E-state index contributed by atoms with van der Waals surface area (Å²) in [6.45, 7) is 4.08. The number of hydrogen-bond donors (Lipinski definition) is 2. The lowest BCUT2D eigenvalue weighted by Crippen LogP contribution is -2.31. The van der Waals surface area contributed by atoms with E-state index in [2.05, 4.69) is 15.6 Å². The van der Waals surface area contributed by atoms with Crippen molar-refractivity contribution in [1.29, 1.82) is 0 Å². The second-order valence-corrected chi connectivity index (χ2v) is 8.12. The Bertz CT molecular complexity index is 1180. The molecule has 0 aliphatic rings. The monoisotopic (exact) mass is 469 g/mol. The summed E-state index contributed by atoms with van der Waals surface area (Å²) in [6.07, 6.45) is 0. The third-order valence-electron chi connectivity index (χ3n) is 5.30. The fraction of sp³-hybridized carbons (Fsp3) is 0.375. The summed E-state index contributed by atoms with van der Waals surface area (Å²) >= 11 is 0. The molecule has 3 rings (SSSR count). The minimum absolute atomic E-state index is 0.0419. The van der Waals surface area contributed by atoms with Crippen molar-refractivity contribution in [3.63, 3.8) is 0 Å². The number of anilines is 1. The molecule has 0 spiro atoms. The highest BCUT2D eigenvalue weighted by molar-refractivity contribution is 5.97. The molecule has 0 bridgehead atoms. The van der Waals surface area contributed by atoms with Gasteiger partial charge in [0.25, 0.3) is 5.91 Å². The van der Waals surface area contributed by atoms with Gasteiger partial charge in [0.05, 0.1) is 44.6 Å². The molecule has 10 nitrogen and oxygen atoms in total.